The van der Waals surface area contributed by atoms with Crippen molar-refractivity contribution in [1.82, 2.24) is 34.7 Å². The van der Waals surface area contributed by atoms with Crippen LogP contribution >= 0.6 is 0 Å². The summed E-state index contributed by atoms with van der Waals surface area (Å²) in [6, 6.07) is 4.07. The van der Waals surface area contributed by atoms with Crippen LogP contribution in [0.15, 0.2) is 24.5 Å². The van der Waals surface area contributed by atoms with Crippen LogP contribution in [-0.2, 0) is 0 Å². The molecule has 0 N–H and O–H groups in total. The molecule has 1 aliphatic heterocycles. The zero-order chi connectivity index (χ0) is 18.4. The molecule has 2 fully saturated rings. The Morgan fingerprint density at radius 1 is 1.00 bits per heavy atom. The van der Waals surface area contributed by atoms with Crippen molar-refractivity contribution in [2.24, 2.45) is 0 Å². The monoisotopic (exact) mass is 363 g/mol. The van der Waals surface area contributed by atoms with Gasteiger partial charge in [0.05, 0.1) is 17.6 Å². The van der Waals surface area contributed by atoms with Gasteiger partial charge in [0.2, 0.25) is 0 Å². The predicted octanol–water partition coefficient (Wildman–Crippen LogP) is 2.12. The lowest BCUT2D eigenvalue weighted by atomic mass is 9.96. The molecule has 1 aliphatic carbocycles. The van der Waals surface area contributed by atoms with Gasteiger partial charge in [0.15, 0.2) is 11.5 Å². The molecule has 0 radical (unpaired) electrons. The summed E-state index contributed by atoms with van der Waals surface area (Å²) in [6.07, 6.45) is 7.32. The van der Waals surface area contributed by atoms with Gasteiger partial charge in [-0.15, -0.1) is 10.2 Å². The lowest BCUT2D eigenvalue weighted by molar-refractivity contribution is 0.0704. The van der Waals surface area contributed by atoms with Crippen molar-refractivity contribution in [2.75, 3.05) is 13.1 Å². The largest absolute Gasteiger partial charge is 0.337 e. The zero-order valence-corrected chi connectivity index (χ0v) is 15.2. The molecule has 1 saturated carbocycles. The molecule has 0 spiro atoms. The molecule has 5 rings (SSSR count). The molecule has 2 aliphatic rings. The van der Waals surface area contributed by atoms with E-state index in [-0.39, 0.29) is 11.8 Å². The minimum Gasteiger partial charge on any atom is -0.337 e. The Morgan fingerprint density at radius 2 is 1.81 bits per heavy atom. The number of hydrogen-bond donors (Lipinski definition) is 0. The van der Waals surface area contributed by atoms with Gasteiger partial charge in [-0.3, -0.25) is 9.78 Å². The van der Waals surface area contributed by atoms with Crippen molar-refractivity contribution in [3.05, 3.63) is 47.4 Å². The van der Waals surface area contributed by atoms with Gasteiger partial charge < -0.3 is 4.90 Å². The third-order valence-corrected chi connectivity index (χ3v) is 5.45. The topological polar surface area (TPSA) is 89.2 Å². The Bertz CT molecular complexity index is 985. The average molecular weight is 363 g/mol. The van der Waals surface area contributed by atoms with Crippen LogP contribution in [0, 0.1) is 6.92 Å². The fourth-order valence-corrected chi connectivity index (χ4v) is 3.68. The van der Waals surface area contributed by atoms with Gasteiger partial charge >= 0.3 is 0 Å². The predicted molar refractivity (Wildman–Crippen MR) is 97.4 cm³/mol. The van der Waals surface area contributed by atoms with Gasteiger partial charge in [-0.25, -0.2) is 4.98 Å². The standard InChI is InChI=1S/C19H21N7O/c1-12-10-21-16(11-20-12)19(27)25-8-6-14(7-9-25)18-23-22-17-5-4-15(13-2-3-13)24-26(17)18/h4-5,10-11,13-14H,2-3,6-9H2,1H3. The molecule has 138 valence electrons. The minimum atomic E-state index is -0.0544. The maximum atomic E-state index is 12.6. The molecule has 8 nitrogen and oxygen atoms in total. The van der Waals surface area contributed by atoms with Crippen molar-refractivity contribution < 1.29 is 4.79 Å². The summed E-state index contributed by atoms with van der Waals surface area (Å²) >= 11 is 0. The van der Waals surface area contributed by atoms with E-state index in [1.54, 1.807) is 12.4 Å². The number of amides is 1. The third-order valence-electron chi connectivity index (χ3n) is 5.45. The highest BCUT2D eigenvalue weighted by Crippen LogP contribution is 2.39. The van der Waals surface area contributed by atoms with E-state index in [0.29, 0.717) is 24.7 Å². The van der Waals surface area contributed by atoms with E-state index in [1.165, 1.54) is 12.8 Å². The van der Waals surface area contributed by atoms with Gasteiger partial charge in [0, 0.05) is 31.1 Å². The first-order valence-electron chi connectivity index (χ1n) is 9.49. The molecule has 0 unspecified atom stereocenters. The number of carbonyl (C=O) groups excluding carboxylic acids is 1. The second kappa shape index (κ2) is 6.37. The summed E-state index contributed by atoms with van der Waals surface area (Å²) < 4.78 is 1.90. The number of hydrogen-bond acceptors (Lipinski definition) is 6. The van der Waals surface area contributed by atoms with Gasteiger partial charge in [-0.05, 0) is 44.7 Å². The van der Waals surface area contributed by atoms with Gasteiger partial charge in [-0.1, -0.05) is 0 Å². The summed E-state index contributed by atoms with van der Waals surface area (Å²) in [5, 5.41) is 13.5. The number of nitrogens with zero attached hydrogens (tertiary/aromatic N) is 7. The average Bonchev–Trinajstić information content (AvgIpc) is 3.47. The number of carbonyl (C=O) groups is 1. The fourth-order valence-electron chi connectivity index (χ4n) is 3.68. The molecule has 3 aromatic rings. The summed E-state index contributed by atoms with van der Waals surface area (Å²) in [5.74, 6) is 1.71. The molecule has 1 saturated heterocycles. The highest BCUT2D eigenvalue weighted by molar-refractivity contribution is 5.92. The van der Waals surface area contributed by atoms with E-state index in [0.717, 1.165) is 35.7 Å². The van der Waals surface area contributed by atoms with Crippen molar-refractivity contribution in [3.8, 4) is 0 Å². The van der Waals surface area contributed by atoms with Crippen molar-refractivity contribution in [1.29, 1.82) is 0 Å². The quantitative estimate of drug-likeness (QED) is 0.708. The first-order chi connectivity index (χ1) is 13.2. The van der Waals surface area contributed by atoms with Gasteiger partial charge in [0.25, 0.3) is 5.91 Å². The SMILES string of the molecule is Cc1cnc(C(=O)N2CCC(c3nnc4ccc(C5CC5)nn34)CC2)cn1. The highest BCUT2D eigenvalue weighted by atomic mass is 16.2. The number of piperidine rings is 1. The van der Waals surface area contributed by atoms with E-state index >= 15 is 0 Å². The first kappa shape index (κ1) is 16.3. The third kappa shape index (κ3) is 3.05. The Labute approximate surface area is 156 Å². The fraction of sp³-hybridized carbons (Fsp3) is 0.474. The van der Waals surface area contributed by atoms with Crippen molar-refractivity contribution >= 4 is 11.6 Å². The maximum Gasteiger partial charge on any atom is 0.274 e. The Hall–Kier alpha value is -2.90. The van der Waals surface area contributed by atoms with Crippen LogP contribution in [0.2, 0.25) is 0 Å². The lowest BCUT2D eigenvalue weighted by Crippen LogP contribution is -2.38. The molecule has 0 bridgehead atoms. The number of aromatic nitrogens is 6. The zero-order valence-electron chi connectivity index (χ0n) is 15.2. The Kier molecular flexibility index (Phi) is 3.84. The van der Waals surface area contributed by atoms with Crippen LogP contribution in [0.3, 0.4) is 0 Å². The second-order valence-electron chi connectivity index (χ2n) is 7.47. The van der Waals surface area contributed by atoms with E-state index < -0.39 is 0 Å². The Balaban J connectivity index is 1.31. The van der Waals surface area contributed by atoms with Crippen LogP contribution in [0.25, 0.3) is 5.65 Å². The highest BCUT2D eigenvalue weighted by Gasteiger charge is 2.30. The van der Waals surface area contributed by atoms with E-state index in [1.807, 2.05) is 22.4 Å². The molecule has 4 heterocycles. The number of likely N-dealkylation sites (tertiary alicyclic amines) is 1. The van der Waals surface area contributed by atoms with Crippen molar-refractivity contribution in [2.45, 2.75) is 44.4 Å². The normalized spacial score (nSPS) is 18.2. The van der Waals surface area contributed by atoms with Crippen LogP contribution in [0.1, 0.15) is 65.2 Å². The van der Waals surface area contributed by atoms with Crippen LogP contribution < -0.4 is 0 Å². The van der Waals surface area contributed by atoms with Crippen LogP contribution in [-0.4, -0.2) is 53.7 Å². The molecular formula is C19H21N7O. The van der Waals surface area contributed by atoms with Crippen molar-refractivity contribution in [3.63, 3.8) is 0 Å². The molecule has 8 heteroatoms. The summed E-state index contributed by atoms with van der Waals surface area (Å²) in [4.78, 5) is 22.8. The Morgan fingerprint density at radius 3 is 2.52 bits per heavy atom. The summed E-state index contributed by atoms with van der Waals surface area (Å²) in [7, 11) is 0. The number of rotatable bonds is 3. The molecule has 3 aromatic heterocycles. The van der Waals surface area contributed by atoms with Gasteiger partial charge in [0.1, 0.15) is 5.69 Å². The number of aryl methyl sites for hydroxylation is 1. The molecule has 0 atom stereocenters. The van der Waals surface area contributed by atoms with E-state index in [2.05, 4.69) is 26.2 Å². The van der Waals surface area contributed by atoms with Gasteiger partial charge in [-0.2, -0.15) is 9.61 Å². The van der Waals surface area contributed by atoms with Crippen LogP contribution in [0.5, 0.6) is 0 Å². The molecule has 0 aromatic carbocycles. The summed E-state index contributed by atoms with van der Waals surface area (Å²) in [5.41, 5.74) is 3.14. The molecule has 1 amide bonds. The molecule has 27 heavy (non-hydrogen) atoms. The second-order valence-corrected chi connectivity index (χ2v) is 7.47. The maximum absolute atomic E-state index is 12.6. The summed E-state index contributed by atoms with van der Waals surface area (Å²) in [6.45, 7) is 3.21. The minimum absolute atomic E-state index is 0.0544. The number of fused-ring (bicyclic) bond motifs is 1. The van der Waals surface area contributed by atoms with E-state index in [4.69, 9.17) is 5.10 Å². The van der Waals surface area contributed by atoms with Crippen LogP contribution in [0.4, 0.5) is 0 Å². The smallest absolute Gasteiger partial charge is 0.274 e. The van der Waals surface area contributed by atoms with E-state index in [9.17, 15) is 4.79 Å². The lowest BCUT2D eigenvalue weighted by Gasteiger charge is -2.30. The molecular weight excluding hydrogens is 342 g/mol. The first-order valence-corrected chi connectivity index (χ1v) is 9.49.